The smallest absolute Gasteiger partial charge is 0.242 e. The molecule has 0 aromatic rings. The van der Waals surface area contributed by atoms with Crippen molar-refractivity contribution in [1.82, 2.24) is 10.2 Å². The van der Waals surface area contributed by atoms with Gasteiger partial charge in [-0.1, -0.05) is 32.6 Å². The summed E-state index contributed by atoms with van der Waals surface area (Å²) in [6.07, 6.45) is 6.60. The minimum absolute atomic E-state index is 0.119. The van der Waals surface area contributed by atoms with E-state index in [-0.39, 0.29) is 18.6 Å². The molecule has 2 N–H and O–H groups in total. The highest BCUT2D eigenvalue weighted by Crippen LogP contribution is 2.07. The molecule has 1 aliphatic rings. The Bertz CT molecular complexity index is 256. The van der Waals surface area contributed by atoms with Gasteiger partial charge in [0.1, 0.15) is 6.04 Å². The van der Waals surface area contributed by atoms with E-state index in [0.717, 1.165) is 19.5 Å². The monoisotopic (exact) mass is 286 g/mol. The molecule has 0 radical (unpaired) electrons. The summed E-state index contributed by atoms with van der Waals surface area (Å²) in [6, 6.07) is -0.210. The number of nitrogens with zero attached hydrogens (tertiary/aromatic N) is 1. The quantitative estimate of drug-likeness (QED) is 0.592. The van der Waals surface area contributed by atoms with E-state index in [2.05, 4.69) is 12.2 Å². The van der Waals surface area contributed by atoms with Crippen LogP contribution in [0.4, 0.5) is 0 Å². The molecule has 1 amide bonds. The zero-order valence-corrected chi connectivity index (χ0v) is 12.8. The van der Waals surface area contributed by atoms with Crippen molar-refractivity contribution in [2.24, 2.45) is 0 Å². The van der Waals surface area contributed by atoms with Crippen molar-refractivity contribution in [3.8, 4) is 0 Å². The second-order valence-corrected chi connectivity index (χ2v) is 5.40. The molecule has 0 aromatic heterocycles. The lowest BCUT2D eigenvalue weighted by Crippen LogP contribution is -2.53. The molecule has 0 spiro atoms. The number of aliphatic hydroxyl groups excluding tert-OH is 1. The molecule has 0 aliphatic carbocycles. The Morgan fingerprint density at radius 1 is 1.25 bits per heavy atom. The first-order valence-electron chi connectivity index (χ1n) is 8.00. The Morgan fingerprint density at radius 2 is 2.00 bits per heavy atom. The normalized spacial score (nSPS) is 19.0. The summed E-state index contributed by atoms with van der Waals surface area (Å²) in [5, 5.41) is 12.2. The number of amides is 1. The topological polar surface area (TPSA) is 61.8 Å². The Labute approximate surface area is 122 Å². The molecule has 1 atom stereocenters. The van der Waals surface area contributed by atoms with E-state index in [0.29, 0.717) is 26.2 Å². The average Bonchev–Trinajstić information content (AvgIpc) is 2.50. The van der Waals surface area contributed by atoms with Gasteiger partial charge in [-0.2, -0.15) is 0 Å². The fraction of sp³-hybridized carbons (Fsp3) is 0.933. The summed E-state index contributed by atoms with van der Waals surface area (Å²) in [5.41, 5.74) is 0. The maximum Gasteiger partial charge on any atom is 0.242 e. The van der Waals surface area contributed by atoms with E-state index in [1.54, 1.807) is 0 Å². The van der Waals surface area contributed by atoms with Crippen LogP contribution < -0.4 is 5.32 Å². The van der Waals surface area contributed by atoms with Gasteiger partial charge in [-0.15, -0.1) is 0 Å². The number of carbonyl (C=O) groups excluding carboxylic acids is 1. The van der Waals surface area contributed by atoms with Crippen molar-refractivity contribution in [3.05, 3.63) is 0 Å². The van der Waals surface area contributed by atoms with Crippen molar-refractivity contribution >= 4 is 5.91 Å². The fourth-order valence-corrected chi connectivity index (χ4v) is 2.44. The molecule has 5 heteroatoms. The molecule has 1 fully saturated rings. The minimum atomic E-state index is -0.210. The lowest BCUT2D eigenvalue weighted by molar-refractivity contribution is -0.136. The third-order valence-corrected chi connectivity index (χ3v) is 3.65. The van der Waals surface area contributed by atoms with Crippen LogP contribution in [-0.4, -0.2) is 61.4 Å². The highest BCUT2D eigenvalue weighted by molar-refractivity contribution is 5.82. The van der Waals surface area contributed by atoms with Crippen LogP contribution in [0, 0.1) is 0 Å². The molecule has 20 heavy (non-hydrogen) atoms. The third-order valence-electron chi connectivity index (χ3n) is 3.65. The lowest BCUT2D eigenvalue weighted by atomic mass is 10.1. The van der Waals surface area contributed by atoms with E-state index in [1.165, 1.54) is 25.7 Å². The van der Waals surface area contributed by atoms with Gasteiger partial charge in [0.05, 0.1) is 13.2 Å². The zero-order chi connectivity index (χ0) is 14.6. The van der Waals surface area contributed by atoms with Crippen LogP contribution >= 0.6 is 0 Å². The van der Waals surface area contributed by atoms with Crippen molar-refractivity contribution in [1.29, 1.82) is 0 Å². The summed E-state index contributed by atoms with van der Waals surface area (Å²) >= 11 is 0. The summed E-state index contributed by atoms with van der Waals surface area (Å²) in [7, 11) is 0. The fourth-order valence-electron chi connectivity index (χ4n) is 2.44. The average molecular weight is 286 g/mol. The van der Waals surface area contributed by atoms with Gasteiger partial charge in [0, 0.05) is 26.2 Å². The second kappa shape index (κ2) is 11.1. The first-order chi connectivity index (χ1) is 9.79. The van der Waals surface area contributed by atoms with E-state index < -0.39 is 0 Å². The molecule has 1 unspecified atom stereocenters. The van der Waals surface area contributed by atoms with Gasteiger partial charge < -0.3 is 20.1 Å². The maximum atomic E-state index is 12.4. The predicted octanol–water partition coefficient (Wildman–Crippen LogP) is 1.16. The van der Waals surface area contributed by atoms with E-state index >= 15 is 0 Å². The number of unbranched alkanes of at least 4 members (excludes halogenated alkanes) is 4. The van der Waals surface area contributed by atoms with Gasteiger partial charge in [0.15, 0.2) is 0 Å². The van der Waals surface area contributed by atoms with Gasteiger partial charge in [0.25, 0.3) is 0 Å². The number of morpholine rings is 1. The van der Waals surface area contributed by atoms with Crippen LogP contribution in [0.5, 0.6) is 0 Å². The summed E-state index contributed by atoms with van der Waals surface area (Å²) in [4.78, 5) is 14.3. The van der Waals surface area contributed by atoms with Gasteiger partial charge in [-0.05, 0) is 12.8 Å². The third kappa shape index (κ3) is 6.68. The summed E-state index contributed by atoms with van der Waals surface area (Å²) in [5.74, 6) is 0.119. The Balaban J connectivity index is 2.34. The van der Waals surface area contributed by atoms with Crippen molar-refractivity contribution in [3.63, 3.8) is 0 Å². The van der Waals surface area contributed by atoms with Crippen LogP contribution in [0.15, 0.2) is 0 Å². The van der Waals surface area contributed by atoms with Gasteiger partial charge in [-0.25, -0.2) is 0 Å². The molecule has 1 heterocycles. The molecule has 0 aromatic carbocycles. The van der Waals surface area contributed by atoms with Crippen LogP contribution in [0.2, 0.25) is 0 Å². The van der Waals surface area contributed by atoms with Crippen LogP contribution in [-0.2, 0) is 9.53 Å². The van der Waals surface area contributed by atoms with Crippen LogP contribution in [0.3, 0.4) is 0 Å². The van der Waals surface area contributed by atoms with E-state index in [1.807, 2.05) is 4.90 Å². The first-order valence-corrected chi connectivity index (χ1v) is 8.00. The maximum absolute atomic E-state index is 12.4. The largest absolute Gasteiger partial charge is 0.396 e. The molecule has 1 saturated heterocycles. The molecule has 0 saturated carbocycles. The van der Waals surface area contributed by atoms with E-state index in [4.69, 9.17) is 9.84 Å². The number of rotatable bonds is 10. The molecule has 1 aliphatic heterocycles. The Morgan fingerprint density at radius 3 is 2.65 bits per heavy atom. The Hall–Kier alpha value is -0.650. The molecule has 0 bridgehead atoms. The van der Waals surface area contributed by atoms with Gasteiger partial charge in [-0.3, -0.25) is 4.79 Å². The predicted molar refractivity (Wildman–Crippen MR) is 79.7 cm³/mol. The highest BCUT2D eigenvalue weighted by Gasteiger charge is 2.25. The molecular formula is C15H30N2O3. The van der Waals surface area contributed by atoms with Gasteiger partial charge >= 0.3 is 0 Å². The van der Waals surface area contributed by atoms with Crippen LogP contribution in [0.25, 0.3) is 0 Å². The number of hydrogen-bond acceptors (Lipinski definition) is 4. The summed E-state index contributed by atoms with van der Waals surface area (Å²) < 4.78 is 5.36. The molecule has 5 nitrogen and oxygen atoms in total. The SMILES string of the molecule is CCCCCCCN(CCCO)C(=O)C1COCCN1. The van der Waals surface area contributed by atoms with Crippen molar-refractivity contribution < 1.29 is 14.6 Å². The number of ether oxygens (including phenoxy) is 1. The molecule has 1 rings (SSSR count). The van der Waals surface area contributed by atoms with Crippen molar-refractivity contribution in [2.45, 2.75) is 51.5 Å². The number of carbonyl (C=O) groups is 1. The lowest BCUT2D eigenvalue weighted by Gasteiger charge is -2.30. The van der Waals surface area contributed by atoms with E-state index in [9.17, 15) is 4.79 Å². The Kier molecular flexibility index (Phi) is 9.62. The van der Waals surface area contributed by atoms with Crippen LogP contribution in [0.1, 0.15) is 45.4 Å². The standard InChI is InChI=1S/C15H30N2O3/c1-2-3-4-5-6-9-17(10-7-11-18)15(19)14-13-20-12-8-16-14/h14,16,18H,2-13H2,1H3. The zero-order valence-electron chi connectivity index (χ0n) is 12.8. The molecule has 118 valence electrons. The number of aliphatic hydroxyl groups is 1. The van der Waals surface area contributed by atoms with Gasteiger partial charge in [0.2, 0.25) is 5.91 Å². The minimum Gasteiger partial charge on any atom is -0.396 e. The first kappa shape index (κ1) is 17.4. The summed E-state index contributed by atoms with van der Waals surface area (Å²) in [6.45, 7) is 5.64. The highest BCUT2D eigenvalue weighted by atomic mass is 16.5. The number of hydrogen-bond donors (Lipinski definition) is 2. The second-order valence-electron chi connectivity index (χ2n) is 5.40. The van der Waals surface area contributed by atoms with Crippen molar-refractivity contribution in [2.75, 3.05) is 39.5 Å². The number of nitrogens with one attached hydrogen (secondary N) is 1. The molecular weight excluding hydrogens is 256 g/mol.